The second kappa shape index (κ2) is 4.75. The Bertz CT molecular complexity index is 648. The third kappa shape index (κ3) is 2.36. The fraction of sp³-hybridized carbons (Fsp3) is 0.429. The van der Waals surface area contributed by atoms with Crippen LogP contribution in [0.2, 0.25) is 0 Å². The number of aromatic nitrogens is 3. The van der Waals surface area contributed by atoms with Crippen LogP contribution in [0.4, 0.5) is 19.0 Å². The Hall–Kier alpha value is -2.05. The minimum absolute atomic E-state index is 0.0204. The van der Waals surface area contributed by atoms with Gasteiger partial charge >= 0.3 is 6.18 Å². The smallest absolute Gasteiger partial charge is 0.367 e. The topological polar surface area (TPSA) is 42.7 Å². The van der Waals surface area contributed by atoms with Gasteiger partial charge in [-0.2, -0.15) is 18.3 Å². The van der Waals surface area contributed by atoms with Crippen molar-refractivity contribution in [3.63, 3.8) is 0 Å². The van der Waals surface area contributed by atoms with E-state index < -0.39 is 12.2 Å². The second-order valence-corrected chi connectivity index (χ2v) is 5.34. The zero-order chi connectivity index (χ0) is 15.2. The highest BCUT2D eigenvalue weighted by molar-refractivity contribution is 5.69. The van der Waals surface area contributed by atoms with Crippen LogP contribution in [0.5, 0.6) is 0 Å². The molecule has 3 rings (SSSR count). The molecule has 0 spiro atoms. The van der Waals surface area contributed by atoms with Crippen LogP contribution in [0, 0.1) is 6.92 Å². The summed E-state index contributed by atoms with van der Waals surface area (Å²) < 4.78 is 40.8. The summed E-state index contributed by atoms with van der Waals surface area (Å²) in [6, 6.07) is 1.66. The average Bonchev–Trinajstić information content (AvgIpc) is 2.75. The first kappa shape index (κ1) is 13.9. The minimum atomic E-state index is -4.31. The van der Waals surface area contributed by atoms with E-state index in [1.165, 1.54) is 0 Å². The molecule has 7 heteroatoms. The first-order valence-electron chi connectivity index (χ1n) is 6.70. The van der Waals surface area contributed by atoms with E-state index in [9.17, 15) is 13.2 Å². The monoisotopic (exact) mass is 296 g/mol. The zero-order valence-corrected chi connectivity index (χ0v) is 11.6. The van der Waals surface area contributed by atoms with Gasteiger partial charge in [0.2, 0.25) is 0 Å². The molecule has 112 valence electrons. The number of nitrogens with zero attached hydrogens (tertiary/aromatic N) is 3. The van der Waals surface area contributed by atoms with Crippen LogP contribution in [0.25, 0.3) is 11.3 Å². The summed E-state index contributed by atoms with van der Waals surface area (Å²) in [5.74, 6) is 0.447. The number of fused-ring (bicyclic) bond motifs is 1. The Kier molecular flexibility index (Phi) is 3.15. The SMILES string of the molecule is Cc1c(-c2ccncc2)nn2c1NC(C)CC2C(F)(F)F. The van der Waals surface area contributed by atoms with Gasteiger partial charge < -0.3 is 5.32 Å². The molecule has 2 aromatic rings. The molecule has 0 aliphatic carbocycles. The summed E-state index contributed by atoms with van der Waals surface area (Å²) in [7, 11) is 0. The first-order valence-corrected chi connectivity index (χ1v) is 6.70. The molecule has 3 heterocycles. The van der Waals surface area contributed by atoms with E-state index in [0.717, 1.165) is 15.8 Å². The summed E-state index contributed by atoms with van der Waals surface area (Å²) >= 11 is 0. The predicted octanol–water partition coefficient (Wildman–Crippen LogP) is 3.56. The highest BCUT2D eigenvalue weighted by Crippen LogP contribution is 2.42. The normalized spacial score (nSPS) is 21.8. The van der Waals surface area contributed by atoms with Gasteiger partial charge in [-0.3, -0.25) is 4.98 Å². The maximum atomic E-state index is 13.2. The molecular weight excluding hydrogens is 281 g/mol. The summed E-state index contributed by atoms with van der Waals surface area (Å²) in [6.07, 6.45) is -1.12. The lowest BCUT2D eigenvalue weighted by Crippen LogP contribution is -2.38. The highest BCUT2D eigenvalue weighted by atomic mass is 19.4. The van der Waals surface area contributed by atoms with Crippen molar-refractivity contribution in [1.82, 2.24) is 14.8 Å². The lowest BCUT2D eigenvalue weighted by atomic mass is 10.0. The third-order valence-electron chi connectivity index (χ3n) is 3.73. The van der Waals surface area contributed by atoms with E-state index in [1.807, 2.05) is 0 Å². The predicted molar refractivity (Wildman–Crippen MR) is 73.0 cm³/mol. The maximum Gasteiger partial charge on any atom is 0.410 e. The molecule has 2 atom stereocenters. The molecule has 2 unspecified atom stereocenters. The van der Waals surface area contributed by atoms with Crippen LogP contribution in [0.3, 0.4) is 0 Å². The zero-order valence-electron chi connectivity index (χ0n) is 11.6. The van der Waals surface area contributed by atoms with E-state index in [4.69, 9.17) is 0 Å². The molecule has 0 amide bonds. The molecule has 0 bridgehead atoms. The Balaban J connectivity index is 2.13. The van der Waals surface area contributed by atoms with Gasteiger partial charge in [0.25, 0.3) is 0 Å². The van der Waals surface area contributed by atoms with Crippen molar-refractivity contribution >= 4 is 5.82 Å². The molecule has 4 nitrogen and oxygen atoms in total. The first-order chi connectivity index (χ1) is 9.88. The quantitative estimate of drug-likeness (QED) is 0.875. The molecule has 1 N–H and O–H groups in total. The van der Waals surface area contributed by atoms with Gasteiger partial charge in [0, 0.05) is 29.6 Å². The average molecular weight is 296 g/mol. The van der Waals surface area contributed by atoms with Gasteiger partial charge in [-0.25, -0.2) is 4.68 Å². The van der Waals surface area contributed by atoms with Crippen molar-refractivity contribution in [2.45, 2.75) is 38.5 Å². The maximum absolute atomic E-state index is 13.2. The largest absolute Gasteiger partial charge is 0.410 e. The molecule has 0 radical (unpaired) electrons. The van der Waals surface area contributed by atoms with Crippen LogP contribution >= 0.6 is 0 Å². The van der Waals surface area contributed by atoms with Crippen molar-refractivity contribution in [3.05, 3.63) is 30.1 Å². The van der Waals surface area contributed by atoms with Crippen LogP contribution in [-0.2, 0) is 0 Å². The van der Waals surface area contributed by atoms with Gasteiger partial charge in [0.05, 0.1) is 5.69 Å². The molecular formula is C14H15F3N4. The number of rotatable bonds is 1. The number of alkyl halides is 3. The standard InChI is InChI=1S/C14H15F3N4/c1-8-7-11(14(15,16)17)21-13(19-8)9(2)12(20-21)10-3-5-18-6-4-10/h3-6,8,11,19H,7H2,1-2H3. The van der Waals surface area contributed by atoms with E-state index in [1.54, 1.807) is 38.4 Å². The van der Waals surface area contributed by atoms with Crippen LogP contribution in [0.15, 0.2) is 24.5 Å². The van der Waals surface area contributed by atoms with Gasteiger partial charge in [0.15, 0.2) is 6.04 Å². The van der Waals surface area contributed by atoms with Crippen molar-refractivity contribution in [1.29, 1.82) is 0 Å². The molecule has 0 saturated heterocycles. The third-order valence-corrected chi connectivity index (χ3v) is 3.73. The van der Waals surface area contributed by atoms with Gasteiger partial charge in [-0.1, -0.05) is 0 Å². The summed E-state index contributed by atoms with van der Waals surface area (Å²) in [5, 5.41) is 7.31. The summed E-state index contributed by atoms with van der Waals surface area (Å²) in [5.41, 5.74) is 2.05. The Morgan fingerprint density at radius 1 is 1.29 bits per heavy atom. The van der Waals surface area contributed by atoms with Crippen LogP contribution < -0.4 is 5.32 Å². The molecule has 0 saturated carbocycles. The van der Waals surface area contributed by atoms with Crippen molar-refractivity contribution < 1.29 is 13.2 Å². The number of anilines is 1. The Morgan fingerprint density at radius 2 is 1.95 bits per heavy atom. The number of hydrogen-bond acceptors (Lipinski definition) is 3. The number of nitrogens with one attached hydrogen (secondary N) is 1. The Labute approximate surface area is 120 Å². The second-order valence-electron chi connectivity index (χ2n) is 5.34. The van der Waals surface area contributed by atoms with Gasteiger partial charge in [0.1, 0.15) is 5.82 Å². The Morgan fingerprint density at radius 3 is 2.57 bits per heavy atom. The van der Waals surface area contributed by atoms with E-state index >= 15 is 0 Å². The lowest BCUT2D eigenvalue weighted by molar-refractivity contribution is -0.173. The molecule has 1 aliphatic rings. The number of hydrogen-bond donors (Lipinski definition) is 1. The van der Waals surface area contributed by atoms with E-state index in [-0.39, 0.29) is 12.5 Å². The molecule has 0 fully saturated rings. The van der Waals surface area contributed by atoms with Gasteiger partial charge in [-0.05, 0) is 32.4 Å². The molecule has 21 heavy (non-hydrogen) atoms. The van der Waals surface area contributed by atoms with Crippen molar-refractivity contribution in [3.8, 4) is 11.3 Å². The molecule has 0 aromatic carbocycles. The van der Waals surface area contributed by atoms with Gasteiger partial charge in [-0.15, -0.1) is 0 Å². The van der Waals surface area contributed by atoms with Crippen molar-refractivity contribution in [2.75, 3.05) is 5.32 Å². The lowest BCUT2D eigenvalue weighted by Gasteiger charge is -2.31. The molecule has 1 aliphatic heterocycles. The van der Waals surface area contributed by atoms with Crippen LogP contribution in [-0.4, -0.2) is 27.0 Å². The summed E-state index contributed by atoms with van der Waals surface area (Å²) in [6.45, 7) is 3.54. The number of pyridine rings is 1. The fourth-order valence-corrected chi connectivity index (χ4v) is 2.70. The van der Waals surface area contributed by atoms with Crippen LogP contribution in [0.1, 0.15) is 24.9 Å². The van der Waals surface area contributed by atoms with E-state index in [0.29, 0.717) is 11.5 Å². The number of halogens is 3. The highest BCUT2D eigenvalue weighted by Gasteiger charge is 2.46. The minimum Gasteiger partial charge on any atom is -0.367 e. The molecule has 2 aromatic heterocycles. The summed E-state index contributed by atoms with van der Waals surface area (Å²) in [4.78, 5) is 3.92. The van der Waals surface area contributed by atoms with E-state index in [2.05, 4.69) is 15.4 Å². The fourth-order valence-electron chi connectivity index (χ4n) is 2.70. The van der Waals surface area contributed by atoms with Crippen molar-refractivity contribution in [2.24, 2.45) is 0 Å².